The summed E-state index contributed by atoms with van der Waals surface area (Å²) in [6.07, 6.45) is 5.17. The van der Waals surface area contributed by atoms with Crippen LogP contribution in [0, 0.1) is 0 Å². The SMILES string of the molecule is CCNC(=NCC1CN(C)CCN1C)N1CCC(OCC2CCCO2)CC1. The number of piperazine rings is 1. The molecule has 0 spiro atoms. The predicted octanol–water partition coefficient (Wildman–Crippen LogP) is 0.858. The highest BCUT2D eigenvalue weighted by Crippen LogP contribution is 2.18. The van der Waals surface area contributed by atoms with E-state index in [0.29, 0.717) is 18.2 Å². The van der Waals surface area contributed by atoms with Gasteiger partial charge in [0, 0.05) is 51.9 Å². The molecule has 3 rings (SSSR count). The Morgan fingerprint density at radius 2 is 1.96 bits per heavy atom. The number of guanidine groups is 1. The molecule has 0 saturated carbocycles. The van der Waals surface area contributed by atoms with Gasteiger partial charge in [0.05, 0.1) is 25.4 Å². The molecule has 0 radical (unpaired) electrons. The van der Waals surface area contributed by atoms with E-state index in [2.05, 4.69) is 41.0 Å². The van der Waals surface area contributed by atoms with Gasteiger partial charge < -0.3 is 24.6 Å². The van der Waals surface area contributed by atoms with E-state index in [-0.39, 0.29) is 0 Å². The first kappa shape index (κ1) is 20.8. The number of nitrogens with zero attached hydrogens (tertiary/aromatic N) is 4. The Labute approximate surface area is 165 Å². The van der Waals surface area contributed by atoms with E-state index in [0.717, 1.165) is 84.2 Å². The second kappa shape index (κ2) is 10.6. The topological polar surface area (TPSA) is 52.6 Å². The van der Waals surface area contributed by atoms with Crippen molar-refractivity contribution in [1.82, 2.24) is 20.0 Å². The smallest absolute Gasteiger partial charge is 0.193 e. The summed E-state index contributed by atoms with van der Waals surface area (Å²) in [5, 5.41) is 3.49. The first-order chi connectivity index (χ1) is 13.2. The molecule has 27 heavy (non-hydrogen) atoms. The van der Waals surface area contributed by atoms with Crippen LogP contribution in [0.4, 0.5) is 0 Å². The Bertz CT molecular complexity index is 461. The van der Waals surface area contributed by atoms with Gasteiger partial charge in [-0.15, -0.1) is 0 Å². The first-order valence-corrected chi connectivity index (χ1v) is 10.8. The summed E-state index contributed by atoms with van der Waals surface area (Å²) in [6, 6.07) is 0.504. The predicted molar refractivity (Wildman–Crippen MR) is 109 cm³/mol. The van der Waals surface area contributed by atoms with Crippen molar-refractivity contribution in [3.05, 3.63) is 0 Å². The molecule has 3 fully saturated rings. The van der Waals surface area contributed by atoms with Crippen molar-refractivity contribution in [3.8, 4) is 0 Å². The third-order valence-electron chi connectivity index (χ3n) is 6.05. The maximum Gasteiger partial charge on any atom is 0.193 e. The van der Waals surface area contributed by atoms with Crippen molar-refractivity contribution in [2.24, 2.45) is 4.99 Å². The van der Waals surface area contributed by atoms with Gasteiger partial charge in [-0.25, -0.2) is 0 Å². The Morgan fingerprint density at radius 3 is 2.67 bits per heavy atom. The van der Waals surface area contributed by atoms with E-state index in [4.69, 9.17) is 14.5 Å². The third kappa shape index (κ3) is 6.31. The Balaban J connectivity index is 1.45. The zero-order valence-electron chi connectivity index (χ0n) is 17.5. The lowest BCUT2D eigenvalue weighted by molar-refractivity contribution is -0.0367. The summed E-state index contributed by atoms with van der Waals surface area (Å²) in [7, 11) is 4.42. The summed E-state index contributed by atoms with van der Waals surface area (Å²) < 4.78 is 11.8. The lowest BCUT2D eigenvalue weighted by Crippen LogP contribution is -2.52. The van der Waals surface area contributed by atoms with E-state index < -0.39 is 0 Å². The summed E-state index contributed by atoms with van der Waals surface area (Å²) in [4.78, 5) is 12.2. The van der Waals surface area contributed by atoms with Crippen LogP contribution in [0.3, 0.4) is 0 Å². The second-order valence-electron chi connectivity index (χ2n) is 8.25. The highest BCUT2D eigenvalue weighted by atomic mass is 16.5. The molecule has 3 saturated heterocycles. The molecule has 0 aromatic heterocycles. The van der Waals surface area contributed by atoms with Gasteiger partial charge in [0.25, 0.3) is 0 Å². The lowest BCUT2D eigenvalue weighted by atomic mass is 10.1. The number of likely N-dealkylation sites (tertiary alicyclic amines) is 1. The molecule has 7 nitrogen and oxygen atoms in total. The van der Waals surface area contributed by atoms with E-state index >= 15 is 0 Å². The highest BCUT2D eigenvalue weighted by Gasteiger charge is 2.25. The monoisotopic (exact) mass is 381 g/mol. The number of piperidine rings is 1. The molecule has 0 amide bonds. The number of hydrogen-bond donors (Lipinski definition) is 1. The number of hydrogen-bond acceptors (Lipinski definition) is 5. The van der Waals surface area contributed by atoms with Crippen LogP contribution in [0.5, 0.6) is 0 Å². The minimum absolute atomic E-state index is 0.326. The van der Waals surface area contributed by atoms with E-state index in [1.165, 1.54) is 6.42 Å². The molecule has 156 valence electrons. The molecular weight excluding hydrogens is 342 g/mol. The minimum atomic E-state index is 0.326. The summed E-state index contributed by atoms with van der Waals surface area (Å²) in [6.45, 7) is 11.0. The molecule has 2 unspecified atom stereocenters. The van der Waals surface area contributed by atoms with Crippen LogP contribution < -0.4 is 5.32 Å². The van der Waals surface area contributed by atoms with Crippen molar-refractivity contribution < 1.29 is 9.47 Å². The van der Waals surface area contributed by atoms with Gasteiger partial charge in [-0.3, -0.25) is 9.89 Å². The number of likely N-dealkylation sites (N-methyl/N-ethyl adjacent to an activating group) is 2. The van der Waals surface area contributed by atoms with Crippen LogP contribution >= 0.6 is 0 Å². The number of rotatable bonds is 6. The lowest BCUT2D eigenvalue weighted by Gasteiger charge is -2.38. The van der Waals surface area contributed by atoms with Crippen LogP contribution in [-0.2, 0) is 9.47 Å². The number of ether oxygens (including phenoxy) is 2. The van der Waals surface area contributed by atoms with Crippen LogP contribution in [0.25, 0.3) is 0 Å². The van der Waals surface area contributed by atoms with Crippen molar-refractivity contribution in [2.45, 2.75) is 50.9 Å². The van der Waals surface area contributed by atoms with Crippen LogP contribution in [0.15, 0.2) is 4.99 Å². The molecule has 0 aromatic carbocycles. The molecule has 1 N–H and O–H groups in total. The maximum absolute atomic E-state index is 6.11. The largest absolute Gasteiger partial charge is 0.376 e. The molecule has 2 atom stereocenters. The van der Waals surface area contributed by atoms with Crippen LogP contribution in [0.2, 0.25) is 0 Å². The Kier molecular flexibility index (Phi) is 8.18. The molecule has 3 aliphatic rings. The molecule has 3 heterocycles. The average Bonchev–Trinajstić information content (AvgIpc) is 3.20. The average molecular weight is 382 g/mol. The van der Waals surface area contributed by atoms with Crippen LogP contribution in [0.1, 0.15) is 32.6 Å². The standard InChI is InChI=1S/C20H39N5O2/c1-4-21-20(22-14-17-15-23(2)11-12-24(17)3)25-9-7-18(8-10-25)27-16-19-6-5-13-26-19/h17-19H,4-16H2,1-3H3,(H,21,22). The van der Waals surface area contributed by atoms with Gasteiger partial charge in [-0.2, -0.15) is 0 Å². The van der Waals surface area contributed by atoms with Gasteiger partial charge in [0.15, 0.2) is 5.96 Å². The van der Waals surface area contributed by atoms with Gasteiger partial charge in [0.1, 0.15) is 0 Å². The number of aliphatic imine (C=N–C) groups is 1. The molecule has 0 aliphatic carbocycles. The van der Waals surface area contributed by atoms with Gasteiger partial charge >= 0.3 is 0 Å². The zero-order chi connectivity index (χ0) is 19.1. The van der Waals surface area contributed by atoms with E-state index in [9.17, 15) is 0 Å². The van der Waals surface area contributed by atoms with Crippen molar-refractivity contribution in [2.75, 3.05) is 73.1 Å². The van der Waals surface area contributed by atoms with E-state index in [1.807, 2.05) is 0 Å². The second-order valence-corrected chi connectivity index (χ2v) is 8.25. The Hall–Kier alpha value is -0.890. The van der Waals surface area contributed by atoms with Crippen molar-refractivity contribution in [3.63, 3.8) is 0 Å². The minimum Gasteiger partial charge on any atom is -0.376 e. The van der Waals surface area contributed by atoms with Crippen molar-refractivity contribution in [1.29, 1.82) is 0 Å². The van der Waals surface area contributed by atoms with Gasteiger partial charge in [0.2, 0.25) is 0 Å². The first-order valence-electron chi connectivity index (χ1n) is 10.8. The summed E-state index contributed by atoms with van der Waals surface area (Å²) >= 11 is 0. The van der Waals surface area contributed by atoms with Gasteiger partial charge in [-0.05, 0) is 46.7 Å². The maximum atomic E-state index is 6.11. The fourth-order valence-corrected chi connectivity index (χ4v) is 4.17. The van der Waals surface area contributed by atoms with Crippen molar-refractivity contribution >= 4 is 5.96 Å². The zero-order valence-corrected chi connectivity index (χ0v) is 17.5. The summed E-state index contributed by atoms with van der Waals surface area (Å²) in [5.41, 5.74) is 0. The Morgan fingerprint density at radius 1 is 1.15 bits per heavy atom. The summed E-state index contributed by atoms with van der Waals surface area (Å²) in [5.74, 6) is 1.07. The molecule has 3 aliphatic heterocycles. The normalized spacial score (nSPS) is 29.4. The quantitative estimate of drug-likeness (QED) is 0.544. The van der Waals surface area contributed by atoms with E-state index in [1.54, 1.807) is 0 Å². The molecular formula is C20H39N5O2. The highest BCUT2D eigenvalue weighted by molar-refractivity contribution is 5.80. The molecule has 0 bridgehead atoms. The fraction of sp³-hybridized carbons (Fsp3) is 0.950. The fourth-order valence-electron chi connectivity index (χ4n) is 4.17. The molecule has 0 aromatic rings. The molecule has 7 heteroatoms. The van der Waals surface area contributed by atoms with Crippen LogP contribution in [-0.4, -0.2) is 112 Å². The number of nitrogens with one attached hydrogen (secondary N) is 1. The third-order valence-corrected chi connectivity index (χ3v) is 6.05. The van der Waals surface area contributed by atoms with Gasteiger partial charge in [-0.1, -0.05) is 0 Å².